The van der Waals surface area contributed by atoms with Crippen molar-refractivity contribution >= 4 is 23.3 Å². The van der Waals surface area contributed by atoms with E-state index in [2.05, 4.69) is 10.3 Å². The third-order valence-electron chi connectivity index (χ3n) is 3.83. The molecule has 2 amide bonds. The number of Topliss-reactive ketones (excluding diaryl/α,β-unsaturated/α-hetero) is 1. The highest BCUT2D eigenvalue weighted by atomic mass is 16.2. The molecule has 2 aromatic rings. The van der Waals surface area contributed by atoms with Crippen LogP contribution in [0.5, 0.6) is 0 Å². The first kappa shape index (κ1) is 18.3. The Hall–Kier alpha value is -3.02. The maximum atomic E-state index is 12.3. The molecule has 0 aliphatic heterocycles. The molecule has 0 aliphatic carbocycles. The normalized spacial score (nSPS) is 10.2. The predicted octanol–water partition coefficient (Wildman–Crippen LogP) is 2.31. The summed E-state index contributed by atoms with van der Waals surface area (Å²) in [6, 6.07) is 10.2. The summed E-state index contributed by atoms with van der Waals surface area (Å²) in [5.74, 6) is -1.32. The lowest BCUT2D eigenvalue weighted by Crippen LogP contribution is -2.40. The second-order valence-electron chi connectivity index (χ2n) is 5.58. The molecule has 0 bridgehead atoms. The van der Waals surface area contributed by atoms with Gasteiger partial charge in [0.1, 0.15) is 0 Å². The number of nitrogens with zero attached hydrogens (tertiary/aromatic N) is 2. The second kappa shape index (κ2) is 8.73. The monoisotopic (exact) mass is 339 g/mol. The summed E-state index contributed by atoms with van der Waals surface area (Å²) in [6.07, 6.45) is 4.05. The summed E-state index contributed by atoms with van der Waals surface area (Å²) < 4.78 is 0. The van der Waals surface area contributed by atoms with Gasteiger partial charge in [0, 0.05) is 36.7 Å². The molecule has 1 aromatic heterocycles. The van der Waals surface area contributed by atoms with Crippen LogP contribution >= 0.6 is 0 Å². The summed E-state index contributed by atoms with van der Waals surface area (Å²) in [4.78, 5) is 41.2. The molecule has 2 rings (SSSR count). The molecule has 0 radical (unpaired) electrons. The van der Waals surface area contributed by atoms with Crippen LogP contribution in [0.15, 0.2) is 48.8 Å². The van der Waals surface area contributed by atoms with Gasteiger partial charge in [-0.25, -0.2) is 0 Å². The van der Waals surface area contributed by atoms with Crippen LogP contribution in [-0.4, -0.2) is 40.6 Å². The maximum Gasteiger partial charge on any atom is 0.313 e. The Labute approximate surface area is 146 Å². The number of pyridine rings is 1. The van der Waals surface area contributed by atoms with Gasteiger partial charge in [-0.2, -0.15) is 0 Å². The molecule has 1 heterocycles. The van der Waals surface area contributed by atoms with Crippen molar-refractivity contribution in [3.05, 3.63) is 59.9 Å². The van der Waals surface area contributed by atoms with Crippen LogP contribution in [0.4, 0.5) is 5.69 Å². The van der Waals surface area contributed by atoms with Crippen LogP contribution in [-0.2, 0) is 16.0 Å². The number of aromatic nitrogens is 1. The van der Waals surface area contributed by atoms with Crippen molar-refractivity contribution in [2.24, 2.45) is 0 Å². The number of nitrogens with one attached hydrogen (secondary N) is 1. The van der Waals surface area contributed by atoms with Crippen molar-refractivity contribution in [2.45, 2.75) is 20.3 Å². The average molecular weight is 339 g/mol. The van der Waals surface area contributed by atoms with E-state index in [1.54, 1.807) is 36.7 Å². The quantitative estimate of drug-likeness (QED) is 0.647. The molecule has 1 N–H and O–H groups in total. The van der Waals surface area contributed by atoms with Gasteiger partial charge in [-0.15, -0.1) is 0 Å². The van der Waals surface area contributed by atoms with Gasteiger partial charge >= 0.3 is 11.8 Å². The van der Waals surface area contributed by atoms with Gasteiger partial charge in [-0.3, -0.25) is 19.4 Å². The van der Waals surface area contributed by atoms with Crippen molar-refractivity contribution in [3.8, 4) is 0 Å². The number of amides is 2. The molecule has 1 aromatic carbocycles. The number of likely N-dealkylation sites (N-methyl/N-ethyl adjacent to an activating group) is 1. The van der Waals surface area contributed by atoms with E-state index >= 15 is 0 Å². The molecule has 0 spiro atoms. The summed E-state index contributed by atoms with van der Waals surface area (Å²) >= 11 is 0. The molecule has 6 nitrogen and oxygen atoms in total. The van der Waals surface area contributed by atoms with Crippen molar-refractivity contribution < 1.29 is 14.4 Å². The molecule has 6 heteroatoms. The third kappa shape index (κ3) is 5.24. The first-order valence-electron chi connectivity index (χ1n) is 8.11. The number of rotatable bonds is 6. The Morgan fingerprint density at radius 2 is 1.68 bits per heavy atom. The van der Waals surface area contributed by atoms with Crippen molar-refractivity contribution in [1.82, 2.24) is 9.88 Å². The van der Waals surface area contributed by atoms with Crippen LogP contribution in [0.2, 0.25) is 0 Å². The van der Waals surface area contributed by atoms with E-state index in [4.69, 9.17) is 0 Å². The lowest BCUT2D eigenvalue weighted by Gasteiger charge is -2.20. The number of benzene rings is 1. The molecule has 0 fully saturated rings. The largest absolute Gasteiger partial charge is 0.334 e. The number of hydrogen-bond acceptors (Lipinski definition) is 4. The zero-order valence-electron chi connectivity index (χ0n) is 14.4. The zero-order chi connectivity index (χ0) is 18.2. The van der Waals surface area contributed by atoms with Gasteiger partial charge in [0.2, 0.25) is 0 Å². The van der Waals surface area contributed by atoms with Crippen LogP contribution in [0.25, 0.3) is 0 Å². The smallest absolute Gasteiger partial charge is 0.313 e. The summed E-state index contributed by atoms with van der Waals surface area (Å²) in [5, 5.41) is 2.57. The first-order valence-corrected chi connectivity index (χ1v) is 8.11. The van der Waals surface area contributed by atoms with Crippen LogP contribution in [0, 0.1) is 0 Å². The fraction of sp³-hybridized carbons (Fsp3) is 0.263. The zero-order valence-corrected chi connectivity index (χ0v) is 14.4. The minimum absolute atomic E-state index is 0.0535. The molecular weight excluding hydrogens is 318 g/mol. The van der Waals surface area contributed by atoms with E-state index in [0.717, 1.165) is 5.56 Å². The van der Waals surface area contributed by atoms with Gasteiger partial charge in [0.15, 0.2) is 5.78 Å². The Bertz CT molecular complexity index is 742. The lowest BCUT2D eigenvalue weighted by atomic mass is 10.1. The molecule has 0 aliphatic rings. The predicted molar refractivity (Wildman–Crippen MR) is 95.3 cm³/mol. The van der Waals surface area contributed by atoms with Crippen molar-refractivity contribution in [2.75, 3.05) is 18.4 Å². The van der Waals surface area contributed by atoms with Gasteiger partial charge in [0.25, 0.3) is 0 Å². The summed E-state index contributed by atoms with van der Waals surface area (Å²) in [7, 11) is 0. The Kier molecular flexibility index (Phi) is 6.39. The highest BCUT2D eigenvalue weighted by Crippen LogP contribution is 2.10. The minimum Gasteiger partial charge on any atom is -0.334 e. The third-order valence-corrected chi connectivity index (χ3v) is 3.83. The second-order valence-corrected chi connectivity index (χ2v) is 5.58. The fourth-order valence-electron chi connectivity index (χ4n) is 2.33. The topological polar surface area (TPSA) is 79.4 Å². The summed E-state index contributed by atoms with van der Waals surface area (Å²) in [5.41, 5.74) is 2.09. The van der Waals surface area contributed by atoms with E-state index in [1.165, 1.54) is 11.8 Å². The molecule has 25 heavy (non-hydrogen) atoms. The fourth-order valence-corrected chi connectivity index (χ4v) is 2.33. The Morgan fingerprint density at radius 3 is 2.24 bits per heavy atom. The molecule has 130 valence electrons. The van der Waals surface area contributed by atoms with Gasteiger partial charge in [0.05, 0.1) is 0 Å². The van der Waals surface area contributed by atoms with Crippen LogP contribution in [0.3, 0.4) is 0 Å². The van der Waals surface area contributed by atoms with E-state index in [0.29, 0.717) is 30.8 Å². The van der Waals surface area contributed by atoms with Crippen LogP contribution < -0.4 is 5.32 Å². The lowest BCUT2D eigenvalue weighted by molar-refractivity contribution is -0.143. The van der Waals surface area contributed by atoms with E-state index < -0.39 is 11.8 Å². The standard InChI is InChI=1S/C19H21N3O3/c1-3-22(13-10-15-8-11-20-12-9-15)19(25)18(24)21-17-6-4-16(5-7-17)14(2)23/h4-9,11-12H,3,10,13H2,1-2H3,(H,21,24). The number of hydrogen-bond donors (Lipinski definition) is 1. The average Bonchev–Trinajstić information content (AvgIpc) is 2.63. The van der Waals surface area contributed by atoms with E-state index in [1.807, 2.05) is 19.1 Å². The number of ketones is 1. The van der Waals surface area contributed by atoms with Crippen LogP contribution in [0.1, 0.15) is 29.8 Å². The van der Waals surface area contributed by atoms with Crippen molar-refractivity contribution in [3.63, 3.8) is 0 Å². The first-order chi connectivity index (χ1) is 12.0. The molecular formula is C19H21N3O3. The SMILES string of the molecule is CCN(CCc1ccncc1)C(=O)C(=O)Nc1ccc(C(C)=O)cc1. The van der Waals surface area contributed by atoms with Gasteiger partial charge in [-0.05, 0) is 62.2 Å². The Morgan fingerprint density at radius 1 is 1.04 bits per heavy atom. The van der Waals surface area contributed by atoms with E-state index in [-0.39, 0.29) is 5.78 Å². The molecule has 0 saturated carbocycles. The number of carbonyl (C=O) groups excluding carboxylic acids is 3. The maximum absolute atomic E-state index is 12.3. The van der Waals surface area contributed by atoms with Gasteiger partial charge in [-0.1, -0.05) is 0 Å². The van der Waals surface area contributed by atoms with Gasteiger partial charge < -0.3 is 10.2 Å². The molecule has 0 unspecified atom stereocenters. The highest BCUT2D eigenvalue weighted by molar-refractivity contribution is 6.39. The minimum atomic E-state index is -0.688. The Balaban J connectivity index is 1.94. The van der Waals surface area contributed by atoms with Crippen molar-refractivity contribution in [1.29, 1.82) is 0 Å². The number of carbonyl (C=O) groups is 3. The molecule has 0 atom stereocenters. The molecule has 0 saturated heterocycles. The highest BCUT2D eigenvalue weighted by Gasteiger charge is 2.20. The van der Waals surface area contributed by atoms with E-state index in [9.17, 15) is 14.4 Å². The number of anilines is 1. The summed E-state index contributed by atoms with van der Waals surface area (Å²) in [6.45, 7) is 4.20.